The SMILES string of the molecule is Cn1c(Nc2nc3ccccc3o2)nc2cc(C(O)NCCO)ccc21. The number of hydrogen-bond donors (Lipinski definition) is 4. The number of fused-ring (bicyclic) bond motifs is 2. The smallest absolute Gasteiger partial charge is 0.302 e. The van der Waals surface area contributed by atoms with E-state index in [4.69, 9.17) is 9.52 Å². The largest absolute Gasteiger partial charge is 0.423 e. The van der Waals surface area contributed by atoms with Gasteiger partial charge in [-0.1, -0.05) is 18.2 Å². The Morgan fingerprint density at radius 1 is 1.15 bits per heavy atom. The number of aromatic nitrogens is 3. The summed E-state index contributed by atoms with van der Waals surface area (Å²) in [4.78, 5) is 8.96. The maximum absolute atomic E-state index is 10.1. The summed E-state index contributed by atoms with van der Waals surface area (Å²) < 4.78 is 7.57. The molecule has 8 heteroatoms. The Labute approximate surface area is 149 Å². The summed E-state index contributed by atoms with van der Waals surface area (Å²) >= 11 is 0. The van der Waals surface area contributed by atoms with Crippen LogP contribution in [0.15, 0.2) is 46.9 Å². The van der Waals surface area contributed by atoms with E-state index in [9.17, 15) is 5.11 Å². The van der Waals surface area contributed by atoms with Gasteiger partial charge in [-0.2, -0.15) is 4.98 Å². The molecule has 4 rings (SSSR count). The molecule has 0 spiro atoms. The van der Waals surface area contributed by atoms with Crippen molar-refractivity contribution in [3.63, 3.8) is 0 Å². The van der Waals surface area contributed by atoms with Crippen LogP contribution in [0.5, 0.6) is 0 Å². The number of hydrogen-bond acceptors (Lipinski definition) is 7. The molecule has 0 aliphatic heterocycles. The third-order valence-electron chi connectivity index (χ3n) is 4.18. The fourth-order valence-electron chi connectivity index (χ4n) is 2.84. The first-order valence-electron chi connectivity index (χ1n) is 8.27. The monoisotopic (exact) mass is 353 g/mol. The first kappa shape index (κ1) is 16.5. The zero-order valence-electron chi connectivity index (χ0n) is 14.2. The Morgan fingerprint density at radius 3 is 2.81 bits per heavy atom. The Bertz CT molecular complexity index is 1020. The highest BCUT2D eigenvalue weighted by Gasteiger charge is 2.14. The van der Waals surface area contributed by atoms with Crippen molar-refractivity contribution >= 4 is 34.1 Å². The van der Waals surface area contributed by atoms with E-state index in [1.807, 2.05) is 54.1 Å². The van der Waals surface area contributed by atoms with E-state index in [1.54, 1.807) is 0 Å². The number of nitrogens with zero attached hydrogens (tertiary/aromatic N) is 3. The minimum Gasteiger partial charge on any atom is -0.423 e. The van der Waals surface area contributed by atoms with Crippen LogP contribution in [0, 0.1) is 0 Å². The number of rotatable bonds is 6. The molecule has 0 saturated carbocycles. The van der Waals surface area contributed by atoms with Crippen molar-refractivity contribution in [3.05, 3.63) is 48.0 Å². The lowest BCUT2D eigenvalue weighted by molar-refractivity contribution is 0.129. The van der Waals surface area contributed by atoms with Gasteiger partial charge in [0.05, 0.1) is 17.6 Å². The summed E-state index contributed by atoms with van der Waals surface area (Å²) in [6, 6.07) is 13.4. The van der Waals surface area contributed by atoms with Crippen molar-refractivity contribution in [2.75, 3.05) is 18.5 Å². The lowest BCUT2D eigenvalue weighted by Gasteiger charge is -2.12. The molecule has 0 aliphatic carbocycles. The summed E-state index contributed by atoms with van der Waals surface area (Å²) in [6.45, 7) is 0.271. The maximum Gasteiger partial charge on any atom is 0.302 e. The van der Waals surface area contributed by atoms with Crippen LogP contribution < -0.4 is 10.6 Å². The molecular weight excluding hydrogens is 334 g/mol. The van der Waals surface area contributed by atoms with Crippen LogP contribution in [-0.2, 0) is 7.05 Å². The first-order valence-corrected chi connectivity index (χ1v) is 8.27. The normalized spacial score (nSPS) is 12.7. The summed E-state index contributed by atoms with van der Waals surface area (Å²) in [5.74, 6) is 0.585. The Morgan fingerprint density at radius 2 is 2.00 bits per heavy atom. The molecule has 0 fully saturated rings. The number of anilines is 2. The van der Waals surface area contributed by atoms with E-state index >= 15 is 0 Å². The van der Waals surface area contributed by atoms with E-state index in [2.05, 4.69) is 20.6 Å². The molecule has 2 aromatic heterocycles. The van der Waals surface area contributed by atoms with Crippen molar-refractivity contribution in [2.45, 2.75) is 6.23 Å². The van der Waals surface area contributed by atoms with Crippen molar-refractivity contribution in [1.82, 2.24) is 19.9 Å². The molecule has 26 heavy (non-hydrogen) atoms. The standard InChI is InChI=1S/C18H19N5O3/c1-23-14-7-6-11(16(25)19-8-9-24)10-13(14)20-17(23)22-18-21-12-4-2-3-5-15(12)26-18/h2-7,10,16,19,24-25H,8-9H2,1H3,(H,20,21,22). The second kappa shape index (κ2) is 6.75. The van der Waals surface area contributed by atoms with Crippen LogP contribution in [0.1, 0.15) is 11.8 Å². The molecule has 1 atom stereocenters. The third kappa shape index (κ3) is 3.01. The van der Waals surface area contributed by atoms with Gasteiger partial charge in [-0.25, -0.2) is 4.98 Å². The van der Waals surface area contributed by atoms with Crippen molar-refractivity contribution in [1.29, 1.82) is 0 Å². The molecule has 4 aromatic rings. The second-order valence-electron chi connectivity index (χ2n) is 5.93. The Balaban J connectivity index is 1.64. The zero-order chi connectivity index (χ0) is 18.1. The molecule has 0 saturated heterocycles. The van der Waals surface area contributed by atoms with Crippen molar-refractivity contribution in [2.24, 2.45) is 7.05 Å². The highest BCUT2D eigenvalue weighted by atomic mass is 16.4. The number of aliphatic hydroxyl groups is 2. The van der Waals surface area contributed by atoms with Gasteiger partial charge in [-0.15, -0.1) is 0 Å². The van der Waals surface area contributed by atoms with E-state index in [-0.39, 0.29) is 6.61 Å². The lowest BCUT2D eigenvalue weighted by Crippen LogP contribution is -2.23. The first-order chi connectivity index (χ1) is 12.7. The van der Waals surface area contributed by atoms with E-state index < -0.39 is 6.23 Å². The van der Waals surface area contributed by atoms with Gasteiger partial charge >= 0.3 is 6.01 Å². The molecule has 0 bridgehead atoms. The predicted molar refractivity (Wildman–Crippen MR) is 98.1 cm³/mol. The van der Waals surface area contributed by atoms with Gasteiger partial charge in [0.25, 0.3) is 0 Å². The minimum absolute atomic E-state index is 0.0402. The van der Waals surface area contributed by atoms with Crippen LogP contribution in [0.3, 0.4) is 0 Å². The number of nitrogens with one attached hydrogen (secondary N) is 2. The van der Waals surface area contributed by atoms with Crippen LogP contribution in [-0.4, -0.2) is 37.9 Å². The molecule has 2 aromatic carbocycles. The zero-order valence-corrected chi connectivity index (χ0v) is 14.2. The van der Waals surface area contributed by atoms with Crippen LogP contribution in [0.25, 0.3) is 22.1 Å². The number of oxazole rings is 1. The predicted octanol–water partition coefficient (Wildman–Crippen LogP) is 2.03. The third-order valence-corrected chi connectivity index (χ3v) is 4.18. The average molecular weight is 353 g/mol. The number of aryl methyl sites for hydroxylation is 1. The van der Waals surface area contributed by atoms with E-state index in [0.29, 0.717) is 29.7 Å². The molecular formula is C18H19N5O3. The molecule has 0 radical (unpaired) electrons. The number of imidazole rings is 1. The van der Waals surface area contributed by atoms with Gasteiger partial charge < -0.3 is 19.2 Å². The molecule has 0 aliphatic rings. The fourth-order valence-corrected chi connectivity index (χ4v) is 2.84. The Hall–Kier alpha value is -2.94. The fraction of sp³-hybridized carbons (Fsp3) is 0.222. The number of para-hydroxylation sites is 2. The second-order valence-corrected chi connectivity index (χ2v) is 5.93. The van der Waals surface area contributed by atoms with Gasteiger partial charge in [0, 0.05) is 13.6 Å². The Kier molecular flexibility index (Phi) is 4.29. The summed E-state index contributed by atoms with van der Waals surface area (Å²) in [6.07, 6.45) is -0.859. The number of aliphatic hydroxyl groups excluding tert-OH is 2. The molecule has 134 valence electrons. The maximum atomic E-state index is 10.1. The van der Waals surface area contributed by atoms with Crippen LogP contribution >= 0.6 is 0 Å². The highest BCUT2D eigenvalue weighted by molar-refractivity contribution is 5.80. The van der Waals surface area contributed by atoms with E-state index in [0.717, 1.165) is 16.6 Å². The van der Waals surface area contributed by atoms with Gasteiger partial charge in [-0.05, 0) is 29.8 Å². The molecule has 4 N–H and O–H groups in total. The molecule has 1 unspecified atom stereocenters. The van der Waals surface area contributed by atoms with Crippen LogP contribution in [0.4, 0.5) is 12.0 Å². The van der Waals surface area contributed by atoms with E-state index in [1.165, 1.54) is 0 Å². The number of benzene rings is 2. The quantitative estimate of drug-likeness (QED) is 0.393. The average Bonchev–Trinajstić information content (AvgIpc) is 3.20. The molecule has 0 amide bonds. The summed E-state index contributed by atoms with van der Waals surface area (Å²) in [5.41, 5.74) is 3.79. The summed E-state index contributed by atoms with van der Waals surface area (Å²) in [7, 11) is 1.89. The van der Waals surface area contributed by atoms with Gasteiger partial charge in [0.15, 0.2) is 5.58 Å². The summed E-state index contributed by atoms with van der Waals surface area (Å²) in [5, 5.41) is 24.9. The van der Waals surface area contributed by atoms with Crippen LogP contribution in [0.2, 0.25) is 0 Å². The van der Waals surface area contributed by atoms with Crippen molar-refractivity contribution < 1.29 is 14.6 Å². The van der Waals surface area contributed by atoms with Gasteiger partial charge in [0.2, 0.25) is 5.95 Å². The molecule has 2 heterocycles. The molecule has 8 nitrogen and oxygen atoms in total. The van der Waals surface area contributed by atoms with Gasteiger partial charge in [-0.3, -0.25) is 10.6 Å². The van der Waals surface area contributed by atoms with Gasteiger partial charge in [0.1, 0.15) is 11.7 Å². The highest BCUT2D eigenvalue weighted by Crippen LogP contribution is 2.25. The topological polar surface area (TPSA) is 108 Å². The lowest BCUT2D eigenvalue weighted by atomic mass is 10.1. The minimum atomic E-state index is -0.859. The van der Waals surface area contributed by atoms with Crippen molar-refractivity contribution in [3.8, 4) is 0 Å².